The minimum Gasteiger partial charge on any atom is -0.308 e. The number of nitrogens with zero attached hydrogens (tertiary/aromatic N) is 1. The van der Waals surface area contributed by atoms with E-state index in [1.54, 1.807) is 0 Å². The van der Waals surface area contributed by atoms with Gasteiger partial charge in [0.2, 0.25) is 0 Å². The van der Waals surface area contributed by atoms with Crippen molar-refractivity contribution in [3.63, 3.8) is 0 Å². The second kappa shape index (κ2) is 6.48. The molecular formula is C22H21NO. The summed E-state index contributed by atoms with van der Waals surface area (Å²) in [5, 5.41) is 0. The van der Waals surface area contributed by atoms with Crippen LogP contribution >= 0.6 is 0 Å². The van der Waals surface area contributed by atoms with E-state index in [4.69, 9.17) is 0 Å². The molecule has 0 N–H and O–H groups in total. The summed E-state index contributed by atoms with van der Waals surface area (Å²) in [5.74, 6) is 0. The van der Waals surface area contributed by atoms with Crippen molar-refractivity contribution >= 4 is 0 Å². The van der Waals surface area contributed by atoms with Gasteiger partial charge in [-0.15, -0.1) is 0 Å². The van der Waals surface area contributed by atoms with E-state index in [-0.39, 0.29) is 5.56 Å². The summed E-state index contributed by atoms with van der Waals surface area (Å²) < 4.78 is 1.98. The van der Waals surface area contributed by atoms with Crippen molar-refractivity contribution < 1.29 is 0 Å². The van der Waals surface area contributed by atoms with Crippen LogP contribution in [0.1, 0.15) is 29.7 Å². The first-order chi connectivity index (χ1) is 11.8. The van der Waals surface area contributed by atoms with Crippen molar-refractivity contribution in [1.29, 1.82) is 0 Å². The molecule has 0 aliphatic heterocycles. The maximum absolute atomic E-state index is 12.9. The highest BCUT2D eigenvalue weighted by Gasteiger charge is 2.19. The van der Waals surface area contributed by atoms with E-state index >= 15 is 0 Å². The average molecular weight is 315 g/mol. The van der Waals surface area contributed by atoms with Crippen molar-refractivity contribution in [2.75, 3.05) is 0 Å². The normalized spacial score (nSPS) is 13.5. The smallest absolute Gasteiger partial charge is 0.251 e. The third-order valence-corrected chi connectivity index (χ3v) is 4.89. The Morgan fingerprint density at radius 2 is 1.50 bits per heavy atom. The molecule has 1 aliphatic rings. The van der Waals surface area contributed by atoms with Crippen LogP contribution in [0.3, 0.4) is 0 Å². The van der Waals surface area contributed by atoms with Gasteiger partial charge in [0.25, 0.3) is 5.56 Å². The SMILES string of the molecule is O=c1cc(-c2ccccc2)c2c(n1Cc1ccccc1)CCCC2. The topological polar surface area (TPSA) is 22.0 Å². The molecule has 1 aromatic heterocycles. The molecule has 0 atom stereocenters. The molecule has 2 aromatic carbocycles. The quantitative estimate of drug-likeness (QED) is 0.700. The first kappa shape index (κ1) is 14.9. The van der Waals surface area contributed by atoms with Gasteiger partial charge in [-0.05, 0) is 47.9 Å². The Kier molecular flexibility index (Phi) is 4.04. The molecule has 4 rings (SSSR count). The van der Waals surface area contributed by atoms with Gasteiger partial charge in [-0.2, -0.15) is 0 Å². The lowest BCUT2D eigenvalue weighted by atomic mass is 9.89. The minimum absolute atomic E-state index is 0.110. The van der Waals surface area contributed by atoms with Crippen molar-refractivity contribution in [2.45, 2.75) is 32.2 Å². The Labute approximate surface area is 142 Å². The van der Waals surface area contributed by atoms with E-state index in [1.807, 2.05) is 47.0 Å². The van der Waals surface area contributed by atoms with Gasteiger partial charge in [-0.1, -0.05) is 60.7 Å². The van der Waals surface area contributed by atoms with Crippen LogP contribution in [0.25, 0.3) is 11.1 Å². The van der Waals surface area contributed by atoms with Crippen molar-refractivity contribution in [1.82, 2.24) is 4.57 Å². The Morgan fingerprint density at radius 1 is 0.833 bits per heavy atom. The maximum atomic E-state index is 12.9. The van der Waals surface area contributed by atoms with Crippen molar-refractivity contribution in [3.8, 4) is 11.1 Å². The van der Waals surface area contributed by atoms with Crippen LogP contribution in [0.15, 0.2) is 71.5 Å². The molecule has 0 fully saturated rings. The lowest BCUT2D eigenvalue weighted by molar-refractivity contribution is 0.603. The molecule has 0 saturated heterocycles. The predicted molar refractivity (Wildman–Crippen MR) is 98.3 cm³/mol. The summed E-state index contributed by atoms with van der Waals surface area (Å²) >= 11 is 0. The maximum Gasteiger partial charge on any atom is 0.251 e. The van der Waals surface area contributed by atoms with Gasteiger partial charge in [0.1, 0.15) is 0 Å². The Balaban J connectivity index is 1.86. The zero-order chi connectivity index (χ0) is 16.4. The molecule has 1 aliphatic carbocycles. The summed E-state index contributed by atoms with van der Waals surface area (Å²) in [6.45, 7) is 0.664. The van der Waals surface area contributed by atoms with Crippen LogP contribution < -0.4 is 5.56 Å². The van der Waals surface area contributed by atoms with Crippen LogP contribution in [0.4, 0.5) is 0 Å². The van der Waals surface area contributed by atoms with Gasteiger partial charge < -0.3 is 4.57 Å². The molecule has 0 saturated carbocycles. The number of aromatic nitrogens is 1. The van der Waals surface area contributed by atoms with Gasteiger partial charge >= 0.3 is 0 Å². The van der Waals surface area contributed by atoms with Crippen molar-refractivity contribution in [2.24, 2.45) is 0 Å². The second-order valence-electron chi connectivity index (χ2n) is 6.47. The van der Waals surface area contributed by atoms with Crippen LogP contribution in [-0.2, 0) is 19.4 Å². The third kappa shape index (κ3) is 2.80. The number of hydrogen-bond donors (Lipinski definition) is 0. The molecule has 0 unspecified atom stereocenters. The van der Waals surface area contributed by atoms with Gasteiger partial charge in [0, 0.05) is 11.8 Å². The van der Waals surface area contributed by atoms with E-state index in [0.29, 0.717) is 6.54 Å². The molecule has 3 aromatic rings. The summed E-state index contributed by atoms with van der Waals surface area (Å²) in [7, 11) is 0. The number of pyridine rings is 1. The lowest BCUT2D eigenvalue weighted by Gasteiger charge is -2.24. The molecule has 0 spiro atoms. The molecule has 0 amide bonds. The van der Waals surface area contributed by atoms with Crippen LogP contribution in [0.5, 0.6) is 0 Å². The largest absolute Gasteiger partial charge is 0.308 e. The standard InChI is InChI=1S/C22H21NO/c24-22-15-20(18-11-5-2-6-12-18)19-13-7-8-14-21(19)23(22)16-17-9-3-1-4-10-17/h1-6,9-12,15H,7-8,13-14,16H2. The second-order valence-corrected chi connectivity index (χ2v) is 6.47. The summed E-state index contributed by atoms with van der Waals surface area (Å²) in [6.07, 6.45) is 4.43. The number of benzene rings is 2. The van der Waals surface area contributed by atoms with Gasteiger partial charge in [0.15, 0.2) is 0 Å². The van der Waals surface area contributed by atoms with E-state index in [2.05, 4.69) is 24.3 Å². The van der Waals surface area contributed by atoms with Gasteiger partial charge in [-0.3, -0.25) is 4.79 Å². The monoisotopic (exact) mass is 315 g/mol. The molecule has 24 heavy (non-hydrogen) atoms. The molecule has 0 bridgehead atoms. The Morgan fingerprint density at radius 3 is 2.25 bits per heavy atom. The number of rotatable bonds is 3. The zero-order valence-electron chi connectivity index (χ0n) is 13.7. The molecular weight excluding hydrogens is 294 g/mol. The van der Waals surface area contributed by atoms with E-state index in [1.165, 1.54) is 29.7 Å². The summed E-state index contributed by atoms with van der Waals surface area (Å²) in [6, 6.07) is 22.4. The molecule has 2 nitrogen and oxygen atoms in total. The highest BCUT2D eigenvalue weighted by molar-refractivity contribution is 5.68. The highest BCUT2D eigenvalue weighted by atomic mass is 16.1. The highest BCUT2D eigenvalue weighted by Crippen LogP contribution is 2.30. The average Bonchev–Trinajstić information content (AvgIpc) is 2.65. The first-order valence-electron chi connectivity index (χ1n) is 8.68. The summed E-state index contributed by atoms with van der Waals surface area (Å²) in [4.78, 5) is 12.9. The molecule has 1 heterocycles. The zero-order valence-corrected chi connectivity index (χ0v) is 13.7. The van der Waals surface area contributed by atoms with Gasteiger partial charge in [0.05, 0.1) is 6.54 Å². The fourth-order valence-electron chi connectivity index (χ4n) is 3.71. The molecule has 2 heteroatoms. The number of fused-ring (bicyclic) bond motifs is 1. The third-order valence-electron chi connectivity index (χ3n) is 4.89. The van der Waals surface area contributed by atoms with E-state index in [9.17, 15) is 4.79 Å². The molecule has 0 radical (unpaired) electrons. The lowest BCUT2D eigenvalue weighted by Crippen LogP contribution is -2.27. The van der Waals surface area contributed by atoms with Crippen LogP contribution in [-0.4, -0.2) is 4.57 Å². The van der Waals surface area contributed by atoms with E-state index in [0.717, 1.165) is 24.0 Å². The first-order valence-corrected chi connectivity index (χ1v) is 8.68. The van der Waals surface area contributed by atoms with E-state index < -0.39 is 0 Å². The van der Waals surface area contributed by atoms with Crippen molar-refractivity contribution in [3.05, 3.63) is 93.9 Å². The minimum atomic E-state index is 0.110. The number of hydrogen-bond acceptors (Lipinski definition) is 1. The predicted octanol–water partition coefficient (Wildman–Crippen LogP) is 4.44. The Bertz CT molecular complexity index is 895. The summed E-state index contributed by atoms with van der Waals surface area (Å²) in [5.41, 5.74) is 6.16. The fourth-order valence-corrected chi connectivity index (χ4v) is 3.71. The Hall–Kier alpha value is -2.61. The molecule has 120 valence electrons. The van der Waals surface area contributed by atoms with Crippen LogP contribution in [0.2, 0.25) is 0 Å². The fraction of sp³-hybridized carbons (Fsp3) is 0.227. The van der Waals surface area contributed by atoms with Gasteiger partial charge in [-0.25, -0.2) is 0 Å². The van der Waals surface area contributed by atoms with Crippen LogP contribution in [0, 0.1) is 0 Å².